The van der Waals surface area contributed by atoms with Gasteiger partial charge in [-0.1, -0.05) is 6.92 Å². The number of hydrogen-bond acceptors (Lipinski definition) is 6. The topological polar surface area (TPSA) is 81.9 Å². The predicted molar refractivity (Wildman–Crippen MR) is 69.2 cm³/mol. The first kappa shape index (κ1) is 13.0. The normalized spacial score (nSPS) is 10.3. The van der Waals surface area contributed by atoms with E-state index in [0.29, 0.717) is 5.82 Å². The highest BCUT2D eigenvalue weighted by atomic mass is 16.5. The zero-order valence-corrected chi connectivity index (χ0v) is 11.0. The van der Waals surface area contributed by atoms with Crippen molar-refractivity contribution < 1.29 is 9.53 Å². The minimum absolute atomic E-state index is 0.162. The number of ether oxygens (including phenoxy) is 1. The van der Waals surface area contributed by atoms with Crippen LogP contribution >= 0.6 is 0 Å². The van der Waals surface area contributed by atoms with Crippen molar-refractivity contribution in [3.63, 3.8) is 0 Å². The number of nitrogens with zero attached hydrogens (tertiary/aromatic N) is 4. The van der Waals surface area contributed by atoms with Crippen LogP contribution in [0.5, 0.6) is 0 Å². The summed E-state index contributed by atoms with van der Waals surface area (Å²) in [6.45, 7) is 2.02. The number of nitrogens with one attached hydrogen (secondary N) is 1. The number of rotatable bonds is 4. The molecule has 0 aliphatic rings. The van der Waals surface area contributed by atoms with Crippen molar-refractivity contribution in [3.8, 4) is 0 Å². The predicted octanol–water partition coefficient (Wildman–Crippen LogP) is 1.30. The molecule has 0 saturated heterocycles. The summed E-state index contributed by atoms with van der Waals surface area (Å²) in [5.41, 5.74) is 1.93. The Morgan fingerprint density at radius 3 is 2.95 bits per heavy atom. The molecular formula is C12H15N5O2. The Balaban J connectivity index is 2.25. The van der Waals surface area contributed by atoms with E-state index in [-0.39, 0.29) is 5.69 Å². The van der Waals surface area contributed by atoms with Crippen LogP contribution in [0.4, 0.5) is 11.5 Å². The molecule has 0 saturated carbocycles. The van der Waals surface area contributed by atoms with Gasteiger partial charge in [-0.05, 0) is 6.42 Å². The smallest absolute Gasteiger partial charge is 0.358 e. The fraction of sp³-hybridized carbons (Fsp3) is 0.333. The van der Waals surface area contributed by atoms with Gasteiger partial charge in [-0.25, -0.2) is 9.78 Å². The lowest BCUT2D eigenvalue weighted by Gasteiger charge is -2.05. The summed E-state index contributed by atoms with van der Waals surface area (Å²) in [4.78, 5) is 19.5. The highest BCUT2D eigenvalue weighted by Crippen LogP contribution is 2.18. The van der Waals surface area contributed by atoms with Gasteiger partial charge < -0.3 is 10.1 Å². The highest BCUT2D eigenvalue weighted by Gasteiger charge is 2.11. The lowest BCUT2D eigenvalue weighted by Crippen LogP contribution is -2.07. The van der Waals surface area contributed by atoms with Crippen LogP contribution in [0.25, 0.3) is 0 Å². The molecule has 2 aromatic rings. The Morgan fingerprint density at radius 2 is 2.26 bits per heavy atom. The summed E-state index contributed by atoms with van der Waals surface area (Å²) < 4.78 is 6.33. The molecule has 0 radical (unpaired) electrons. The summed E-state index contributed by atoms with van der Waals surface area (Å²) in [7, 11) is 3.15. The third kappa shape index (κ3) is 2.87. The van der Waals surface area contributed by atoms with Crippen molar-refractivity contribution >= 4 is 17.5 Å². The maximum atomic E-state index is 11.4. The average Bonchev–Trinajstić information content (AvgIpc) is 2.78. The number of anilines is 2. The van der Waals surface area contributed by atoms with E-state index in [0.717, 1.165) is 17.8 Å². The Kier molecular flexibility index (Phi) is 3.74. The first-order chi connectivity index (χ1) is 9.13. The van der Waals surface area contributed by atoms with Crippen molar-refractivity contribution in [2.24, 2.45) is 7.05 Å². The van der Waals surface area contributed by atoms with Crippen molar-refractivity contribution in [3.05, 3.63) is 30.0 Å². The lowest BCUT2D eigenvalue weighted by molar-refractivity contribution is 0.0593. The van der Waals surface area contributed by atoms with Gasteiger partial charge in [0.2, 0.25) is 0 Å². The molecule has 2 rings (SSSR count). The number of aryl methyl sites for hydroxylation is 2. The minimum Gasteiger partial charge on any atom is -0.464 e. The summed E-state index contributed by atoms with van der Waals surface area (Å²) in [5, 5.41) is 7.41. The fourth-order valence-corrected chi connectivity index (χ4v) is 1.67. The number of esters is 1. The first-order valence-electron chi connectivity index (χ1n) is 5.84. The third-order valence-corrected chi connectivity index (χ3v) is 2.53. The monoisotopic (exact) mass is 261 g/mol. The molecule has 1 N–H and O–H groups in total. The summed E-state index contributed by atoms with van der Waals surface area (Å²) in [6, 6.07) is 0. The maximum absolute atomic E-state index is 11.4. The van der Waals surface area contributed by atoms with Crippen LogP contribution < -0.4 is 5.32 Å². The van der Waals surface area contributed by atoms with Gasteiger partial charge in [-0.15, -0.1) is 0 Å². The molecule has 19 heavy (non-hydrogen) atoms. The van der Waals surface area contributed by atoms with Crippen LogP contribution in [0.3, 0.4) is 0 Å². The van der Waals surface area contributed by atoms with Crippen LogP contribution in [-0.4, -0.2) is 32.8 Å². The van der Waals surface area contributed by atoms with Crippen molar-refractivity contribution in [1.29, 1.82) is 0 Å². The Hall–Kier alpha value is -2.44. The Labute approximate surface area is 110 Å². The maximum Gasteiger partial charge on any atom is 0.358 e. The summed E-state index contributed by atoms with van der Waals surface area (Å²) in [5.74, 6) is -0.0383. The molecule has 0 fully saturated rings. The van der Waals surface area contributed by atoms with E-state index in [1.807, 2.05) is 20.2 Å². The Morgan fingerprint density at radius 1 is 1.47 bits per heavy atom. The average molecular weight is 261 g/mol. The molecule has 0 unspecified atom stereocenters. The summed E-state index contributed by atoms with van der Waals surface area (Å²) >= 11 is 0. The molecule has 7 heteroatoms. The molecule has 0 aromatic carbocycles. The van der Waals surface area contributed by atoms with Gasteiger partial charge >= 0.3 is 5.97 Å². The second-order valence-electron chi connectivity index (χ2n) is 3.92. The van der Waals surface area contributed by atoms with E-state index < -0.39 is 5.97 Å². The van der Waals surface area contributed by atoms with Crippen molar-refractivity contribution in [1.82, 2.24) is 19.7 Å². The molecule has 0 atom stereocenters. The number of carbonyl (C=O) groups excluding carboxylic acids is 1. The van der Waals surface area contributed by atoms with E-state index in [1.54, 1.807) is 10.9 Å². The number of methoxy groups -OCH3 is 1. The SMILES string of the molecule is CCc1nn(C)cc1Nc1cncc(C(=O)OC)n1. The lowest BCUT2D eigenvalue weighted by atomic mass is 10.3. The zero-order chi connectivity index (χ0) is 13.8. The van der Waals surface area contributed by atoms with E-state index >= 15 is 0 Å². The number of carbonyl (C=O) groups is 1. The van der Waals surface area contributed by atoms with Gasteiger partial charge in [0.15, 0.2) is 5.69 Å². The molecule has 0 aliphatic heterocycles. The van der Waals surface area contributed by atoms with Gasteiger partial charge in [0, 0.05) is 13.2 Å². The van der Waals surface area contributed by atoms with Crippen molar-refractivity contribution in [2.75, 3.05) is 12.4 Å². The minimum atomic E-state index is -0.516. The zero-order valence-electron chi connectivity index (χ0n) is 11.0. The number of hydrogen-bond donors (Lipinski definition) is 1. The molecule has 7 nitrogen and oxygen atoms in total. The molecule has 100 valence electrons. The molecule has 2 heterocycles. The Bertz CT molecular complexity index is 594. The molecule has 0 bridgehead atoms. The van der Waals surface area contributed by atoms with Gasteiger partial charge in [-0.3, -0.25) is 9.67 Å². The quantitative estimate of drug-likeness (QED) is 0.835. The molecule has 0 amide bonds. The highest BCUT2D eigenvalue weighted by molar-refractivity contribution is 5.87. The van der Waals surface area contributed by atoms with Gasteiger partial charge in [0.25, 0.3) is 0 Å². The first-order valence-corrected chi connectivity index (χ1v) is 5.84. The largest absolute Gasteiger partial charge is 0.464 e. The van der Waals surface area contributed by atoms with E-state index in [1.165, 1.54) is 13.3 Å². The second kappa shape index (κ2) is 5.47. The van der Waals surface area contributed by atoms with Gasteiger partial charge in [-0.2, -0.15) is 5.10 Å². The standard InChI is InChI=1S/C12H15N5O2/c1-4-8-10(7-17(2)16-8)15-11-6-13-5-9(14-11)12(18)19-3/h5-7H,4H2,1-3H3,(H,14,15). The second-order valence-corrected chi connectivity index (χ2v) is 3.92. The van der Waals surface area contributed by atoms with Crippen LogP contribution in [0.1, 0.15) is 23.1 Å². The van der Waals surface area contributed by atoms with Crippen molar-refractivity contribution in [2.45, 2.75) is 13.3 Å². The van der Waals surface area contributed by atoms with Gasteiger partial charge in [0.1, 0.15) is 5.82 Å². The fourth-order valence-electron chi connectivity index (χ4n) is 1.67. The number of aromatic nitrogens is 4. The van der Waals surface area contributed by atoms with Crippen LogP contribution in [0.15, 0.2) is 18.6 Å². The van der Waals surface area contributed by atoms with E-state index in [4.69, 9.17) is 0 Å². The summed E-state index contributed by atoms with van der Waals surface area (Å²) in [6.07, 6.45) is 5.55. The molecule has 0 aliphatic carbocycles. The van der Waals surface area contributed by atoms with Gasteiger partial charge in [0.05, 0.1) is 30.9 Å². The van der Waals surface area contributed by atoms with Crippen LogP contribution in [-0.2, 0) is 18.2 Å². The molecule has 0 spiro atoms. The van der Waals surface area contributed by atoms with Crippen LogP contribution in [0.2, 0.25) is 0 Å². The van der Waals surface area contributed by atoms with E-state index in [2.05, 4.69) is 25.1 Å². The molecular weight excluding hydrogens is 246 g/mol. The van der Waals surface area contributed by atoms with E-state index in [9.17, 15) is 4.79 Å². The molecule has 2 aromatic heterocycles. The van der Waals surface area contributed by atoms with Crippen LogP contribution in [0, 0.1) is 0 Å². The third-order valence-electron chi connectivity index (χ3n) is 2.53.